The molecule has 7 heteroatoms. The van der Waals surface area contributed by atoms with Gasteiger partial charge in [0.1, 0.15) is 5.02 Å². The molecule has 0 fully saturated rings. The number of halogens is 5. The van der Waals surface area contributed by atoms with Gasteiger partial charge in [0.05, 0.1) is 0 Å². The number of hydrogen-bond donors (Lipinski definition) is 0. The Bertz CT molecular complexity index is 331. The minimum atomic E-state index is -4.75. The predicted octanol–water partition coefficient (Wildman–Crippen LogP) is 3.53. The van der Waals surface area contributed by atoms with Crippen molar-refractivity contribution in [3.8, 4) is 5.75 Å². The van der Waals surface area contributed by atoms with Gasteiger partial charge in [-0.05, 0) is 0 Å². The lowest BCUT2D eigenvalue weighted by atomic mass is 10.3. The van der Waals surface area contributed by atoms with Crippen molar-refractivity contribution in [1.82, 2.24) is 4.98 Å². The molecule has 0 atom stereocenters. The summed E-state index contributed by atoms with van der Waals surface area (Å²) in [7, 11) is 0. The van der Waals surface area contributed by atoms with Gasteiger partial charge in [-0.1, -0.05) is 27.5 Å². The third-order valence-electron chi connectivity index (χ3n) is 1.29. The van der Waals surface area contributed by atoms with Crippen LogP contribution in [-0.4, -0.2) is 11.3 Å². The quantitative estimate of drug-likeness (QED) is 0.777. The minimum Gasteiger partial charge on any atom is -0.404 e. The van der Waals surface area contributed by atoms with Crippen molar-refractivity contribution in [2.45, 2.75) is 11.7 Å². The standard InChI is InChI=1S/C7H4BrClF3NO/c8-1-4-2-13-3-5(9)6(4)14-7(10,11)12/h2-3H,1H2. The fourth-order valence-corrected chi connectivity index (χ4v) is 1.40. The maximum atomic E-state index is 11.9. The summed E-state index contributed by atoms with van der Waals surface area (Å²) in [4.78, 5) is 3.64. The molecule has 2 nitrogen and oxygen atoms in total. The highest BCUT2D eigenvalue weighted by Crippen LogP contribution is 2.33. The Morgan fingerprint density at radius 2 is 2.07 bits per heavy atom. The highest BCUT2D eigenvalue weighted by molar-refractivity contribution is 9.08. The van der Waals surface area contributed by atoms with Gasteiger partial charge in [-0.3, -0.25) is 4.98 Å². The molecule has 1 rings (SSSR count). The number of nitrogens with zero attached hydrogens (tertiary/aromatic N) is 1. The topological polar surface area (TPSA) is 22.1 Å². The zero-order valence-electron chi connectivity index (χ0n) is 6.61. The normalized spacial score (nSPS) is 11.5. The molecule has 0 aliphatic rings. The molecule has 1 aromatic heterocycles. The van der Waals surface area contributed by atoms with E-state index in [4.69, 9.17) is 11.6 Å². The van der Waals surface area contributed by atoms with E-state index in [0.29, 0.717) is 0 Å². The molecule has 1 heterocycles. The van der Waals surface area contributed by atoms with Crippen LogP contribution >= 0.6 is 27.5 Å². The second-order valence-corrected chi connectivity index (χ2v) is 3.26. The molecule has 0 aliphatic heterocycles. The summed E-state index contributed by atoms with van der Waals surface area (Å²) >= 11 is 8.51. The van der Waals surface area contributed by atoms with Gasteiger partial charge in [-0.25, -0.2) is 0 Å². The van der Waals surface area contributed by atoms with Crippen LogP contribution in [0.3, 0.4) is 0 Å². The first kappa shape index (κ1) is 11.6. The third-order valence-corrected chi connectivity index (χ3v) is 2.16. The lowest BCUT2D eigenvalue weighted by Crippen LogP contribution is -2.18. The number of pyridine rings is 1. The maximum Gasteiger partial charge on any atom is 0.573 e. The Kier molecular flexibility index (Phi) is 3.60. The minimum absolute atomic E-state index is 0.167. The molecular weight excluding hydrogens is 286 g/mol. The lowest BCUT2D eigenvalue weighted by Gasteiger charge is -2.12. The van der Waals surface area contributed by atoms with Crippen molar-refractivity contribution in [1.29, 1.82) is 0 Å². The molecule has 0 N–H and O–H groups in total. The number of hydrogen-bond acceptors (Lipinski definition) is 2. The van der Waals surface area contributed by atoms with Crippen molar-refractivity contribution in [3.05, 3.63) is 23.0 Å². The average Bonchev–Trinajstić information content (AvgIpc) is 2.06. The van der Waals surface area contributed by atoms with Gasteiger partial charge in [0, 0.05) is 23.3 Å². The number of rotatable bonds is 2. The number of ether oxygens (including phenoxy) is 1. The fourth-order valence-electron chi connectivity index (χ4n) is 0.789. The second kappa shape index (κ2) is 4.35. The summed E-state index contributed by atoms with van der Waals surface area (Å²) < 4.78 is 39.5. The Morgan fingerprint density at radius 1 is 1.43 bits per heavy atom. The Balaban J connectivity index is 3.05. The third kappa shape index (κ3) is 3.02. The van der Waals surface area contributed by atoms with Gasteiger partial charge in [-0.15, -0.1) is 13.2 Å². The number of aromatic nitrogens is 1. The average molecular weight is 290 g/mol. The smallest absolute Gasteiger partial charge is 0.404 e. The summed E-state index contributed by atoms with van der Waals surface area (Å²) in [5, 5.41) is 0.0191. The van der Waals surface area contributed by atoms with E-state index < -0.39 is 12.1 Å². The van der Waals surface area contributed by atoms with Crippen molar-refractivity contribution < 1.29 is 17.9 Å². The second-order valence-electron chi connectivity index (χ2n) is 2.29. The van der Waals surface area contributed by atoms with Crippen molar-refractivity contribution in [2.75, 3.05) is 0 Å². The first-order valence-corrected chi connectivity index (χ1v) is 4.88. The van der Waals surface area contributed by atoms with E-state index in [1.54, 1.807) is 0 Å². The Labute approximate surface area is 91.2 Å². The molecule has 0 radical (unpaired) electrons. The van der Waals surface area contributed by atoms with Gasteiger partial charge >= 0.3 is 6.36 Å². The van der Waals surface area contributed by atoms with Gasteiger partial charge in [0.15, 0.2) is 5.75 Å². The van der Waals surface area contributed by atoms with E-state index in [2.05, 4.69) is 25.7 Å². The van der Waals surface area contributed by atoms with Crippen LogP contribution < -0.4 is 4.74 Å². The van der Waals surface area contributed by atoms with E-state index in [9.17, 15) is 13.2 Å². The zero-order chi connectivity index (χ0) is 10.8. The molecular formula is C7H4BrClF3NO. The molecule has 0 amide bonds. The first-order valence-electron chi connectivity index (χ1n) is 3.38. The van der Waals surface area contributed by atoms with E-state index in [0.717, 1.165) is 6.20 Å². The van der Waals surface area contributed by atoms with Gasteiger partial charge in [0.25, 0.3) is 0 Å². The zero-order valence-corrected chi connectivity index (χ0v) is 8.95. The fraction of sp³-hybridized carbons (Fsp3) is 0.286. The van der Waals surface area contributed by atoms with Crippen molar-refractivity contribution in [2.24, 2.45) is 0 Å². The molecule has 0 bridgehead atoms. The van der Waals surface area contributed by atoms with E-state index >= 15 is 0 Å². The van der Waals surface area contributed by atoms with Gasteiger partial charge < -0.3 is 4.74 Å². The monoisotopic (exact) mass is 289 g/mol. The maximum absolute atomic E-state index is 11.9. The lowest BCUT2D eigenvalue weighted by molar-refractivity contribution is -0.274. The molecule has 0 spiro atoms. The van der Waals surface area contributed by atoms with Crippen LogP contribution in [0.1, 0.15) is 5.56 Å². The molecule has 0 aliphatic carbocycles. The Morgan fingerprint density at radius 3 is 2.57 bits per heavy atom. The van der Waals surface area contributed by atoms with Crippen LogP contribution in [0.2, 0.25) is 5.02 Å². The summed E-state index contributed by atoms with van der Waals surface area (Å²) in [6, 6.07) is 0. The van der Waals surface area contributed by atoms with E-state index in [1.807, 2.05) is 0 Å². The predicted molar refractivity (Wildman–Crippen MR) is 48.6 cm³/mol. The summed E-state index contributed by atoms with van der Waals surface area (Å²) in [5.74, 6) is -0.411. The molecule has 78 valence electrons. The molecule has 1 aromatic rings. The van der Waals surface area contributed by atoms with Crippen molar-refractivity contribution >= 4 is 27.5 Å². The van der Waals surface area contributed by atoms with Crippen LogP contribution in [0, 0.1) is 0 Å². The molecule has 0 saturated carbocycles. The molecule has 14 heavy (non-hydrogen) atoms. The highest BCUT2D eigenvalue weighted by Gasteiger charge is 2.33. The number of alkyl halides is 4. The highest BCUT2D eigenvalue weighted by atomic mass is 79.9. The van der Waals surface area contributed by atoms with E-state index in [1.165, 1.54) is 6.20 Å². The van der Waals surface area contributed by atoms with Gasteiger partial charge in [-0.2, -0.15) is 0 Å². The van der Waals surface area contributed by atoms with Crippen LogP contribution in [0.25, 0.3) is 0 Å². The van der Waals surface area contributed by atoms with Crippen LogP contribution in [0.4, 0.5) is 13.2 Å². The summed E-state index contributed by atoms with van der Waals surface area (Å²) in [6.45, 7) is 0. The molecule has 0 aromatic carbocycles. The summed E-state index contributed by atoms with van der Waals surface area (Å²) in [5.41, 5.74) is 0.245. The first-order chi connectivity index (χ1) is 6.44. The van der Waals surface area contributed by atoms with Crippen LogP contribution in [0.5, 0.6) is 5.75 Å². The summed E-state index contributed by atoms with van der Waals surface area (Å²) in [6.07, 6.45) is -2.40. The van der Waals surface area contributed by atoms with Crippen LogP contribution in [-0.2, 0) is 5.33 Å². The van der Waals surface area contributed by atoms with Crippen molar-refractivity contribution in [3.63, 3.8) is 0 Å². The SMILES string of the molecule is FC(F)(F)Oc1c(Cl)cncc1CBr. The van der Waals surface area contributed by atoms with Crippen LogP contribution in [0.15, 0.2) is 12.4 Å². The molecule has 0 saturated heterocycles. The van der Waals surface area contributed by atoms with E-state index in [-0.39, 0.29) is 15.9 Å². The largest absolute Gasteiger partial charge is 0.573 e. The van der Waals surface area contributed by atoms with Gasteiger partial charge in [0.2, 0.25) is 0 Å². The molecule has 0 unspecified atom stereocenters. The Hall–Kier alpha value is -0.490.